The second kappa shape index (κ2) is 6.96. The van der Waals surface area contributed by atoms with Gasteiger partial charge in [-0.3, -0.25) is 9.59 Å². The van der Waals surface area contributed by atoms with Gasteiger partial charge in [0, 0.05) is 11.5 Å². The molecule has 0 atom stereocenters. The maximum Gasteiger partial charge on any atom is 0.266 e. The Kier molecular flexibility index (Phi) is 5.21. The van der Waals surface area contributed by atoms with Crippen LogP contribution >= 0.6 is 11.3 Å². The fraction of sp³-hybridized carbons (Fsp3) is 0.333. The van der Waals surface area contributed by atoms with Crippen molar-refractivity contribution in [1.29, 1.82) is 0 Å². The van der Waals surface area contributed by atoms with E-state index in [9.17, 15) is 9.59 Å². The van der Waals surface area contributed by atoms with E-state index in [-0.39, 0.29) is 11.3 Å². The number of H-pyrrole nitrogens is 1. The number of nitrogens with one attached hydrogen (secondary N) is 1. The summed E-state index contributed by atoms with van der Waals surface area (Å²) in [7, 11) is 0. The van der Waals surface area contributed by atoms with Crippen molar-refractivity contribution in [1.82, 2.24) is 4.98 Å². The van der Waals surface area contributed by atoms with Crippen LogP contribution < -0.4 is 19.5 Å². The lowest BCUT2D eigenvalue weighted by Crippen LogP contribution is -2.22. The third-order valence-electron chi connectivity index (χ3n) is 3.15. The highest BCUT2D eigenvalue weighted by molar-refractivity contribution is 7.07. The predicted molar refractivity (Wildman–Crippen MR) is 94.3 cm³/mol. The average molecular weight is 331 g/mol. The Morgan fingerprint density at radius 2 is 2.09 bits per heavy atom. The molecule has 1 aromatic heterocycles. The monoisotopic (exact) mass is 331 g/mol. The van der Waals surface area contributed by atoms with Crippen molar-refractivity contribution < 1.29 is 9.53 Å². The van der Waals surface area contributed by atoms with Crippen LogP contribution in [0.25, 0.3) is 12.2 Å². The summed E-state index contributed by atoms with van der Waals surface area (Å²) in [6.07, 6.45) is 3.30. The Morgan fingerprint density at radius 1 is 1.35 bits per heavy atom. The molecule has 0 saturated heterocycles. The van der Waals surface area contributed by atoms with E-state index in [0.29, 0.717) is 15.8 Å². The maximum atomic E-state index is 12.0. The summed E-state index contributed by atoms with van der Waals surface area (Å²) < 4.78 is 6.59. The third kappa shape index (κ3) is 4.66. The van der Waals surface area contributed by atoms with E-state index < -0.39 is 5.41 Å². The molecule has 1 aromatic carbocycles. The van der Waals surface area contributed by atoms with Crippen LogP contribution in [0.4, 0.5) is 0 Å². The van der Waals surface area contributed by atoms with Gasteiger partial charge in [-0.25, -0.2) is 0 Å². The van der Waals surface area contributed by atoms with Crippen molar-refractivity contribution in [2.24, 2.45) is 5.41 Å². The SMILES string of the molecule is CCOc1cccc(/C=c2\s/c(=C/C(=O)C(C)(C)C)[nH]c2=O)c1. The van der Waals surface area contributed by atoms with Crippen molar-refractivity contribution in [3.8, 4) is 5.75 Å². The zero-order valence-electron chi connectivity index (χ0n) is 13.8. The second-order valence-corrected chi connectivity index (χ2v) is 7.28. The number of thiazole rings is 1. The number of hydrogen-bond donors (Lipinski definition) is 1. The number of carbonyl (C=O) groups is 1. The number of benzene rings is 1. The van der Waals surface area contributed by atoms with Gasteiger partial charge in [0.25, 0.3) is 5.56 Å². The molecule has 2 rings (SSSR count). The molecule has 122 valence electrons. The molecule has 0 spiro atoms. The van der Waals surface area contributed by atoms with Gasteiger partial charge in [-0.2, -0.15) is 0 Å². The predicted octanol–water partition coefficient (Wildman–Crippen LogP) is 2.06. The molecule has 5 heteroatoms. The summed E-state index contributed by atoms with van der Waals surface area (Å²) in [5.74, 6) is 0.754. The molecular formula is C18H21NO3S. The van der Waals surface area contributed by atoms with Crippen molar-refractivity contribution in [2.75, 3.05) is 6.61 Å². The molecule has 23 heavy (non-hydrogen) atoms. The number of rotatable bonds is 4. The quantitative estimate of drug-likeness (QED) is 0.933. The first kappa shape index (κ1) is 17.2. The Bertz CT molecular complexity index is 869. The topological polar surface area (TPSA) is 59.2 Å². The number of ketones is 1. The number of aromatic nitrogens is 1. The zero-order valence-corrected chi connectivity index (χ0v) is 14.6. The van der Waals surface area contributed by atoms with Gasteiger partial charge in [0.1, 0.15) is 5.75 Å². The minimum Gasteiger partial charge on any atom is -0.494 e. The van der Waals surface area contributed by atoms with Crippen molar-refractivity contribution in [2.45, 2.75) is 27.7 Å². The molecule has 0 aliphatic carbocycles. The molecule has 0 fully saturated rings. The molecule has 2 aromatic rings. The smallest absolute Gasteiger partial charge is 0.266 e. The molecule has 1 heterocycles. The summed E-state index contributed by atoms with van der Waals surface area (Å²) in [5.41, 5.74) is 0.234. The number of carbonyl (C=O) groups excluding carboxylic acids is 1. The summed E-state index contributed by atoms with van der Waals surface area (Å²) in [6.45, 7) is 8.07. The number of hydrogen-bond acceptors (Lipinski definition) is 4. The molecule has 0 saturated carbocycles. The van der Waals surface area contributed by atoms with Crippen molar-refractivity contribution in [3.63, 3.8) is 0 Å². The standard InChI is InChI=1S/C18H21NO3S/c1-5-22-13-8-6-7-12(9-13)10-14-17(21)19-16(23-14)11-15(20)18(2,3)4/h6-11H,5H2,1-4H3,(H,19,21)/b14-10-,16-11+. The van der Waals surface area contributed by atoms with Gasteiger partial charge >= 0.3 is 0 Å². The molecule has 0 amide bonds. The van der Waals surface area contributed by atoms with Crippen molar-refractivity contribution in [3.05, 3.63) is 49.4 Å². The normalized spacial score (nSPS) is 13.4. The fourth-order valence-corrected chi connectivity index (χ4v) is 2.76. The molecular weight excluding hydrogens is 310 g/mol. The molecule has 4 nitrogen and oxygen atoms in total. The van der Waals surface area contributed by atoms with E-state index in [1.54, 1.807) is 6.08 Å². The lowest BCUT2D eigenvalue weighted by atomic mass is 9.91. The summed E-state index contributed by atoms with van der Waals surface area (Å²) >= 11 is 1.28. The first-order chi connectivity index (χ1) is 10.8. The Hall–Kier alpha value is -2.14. The van der Waals surface area contributed by atoms with Crippen LogP contribution in [0.15, 0.2) is 29.1 Å². The van der Waals surface area contributed by atoms with Crippen molar-refractivity contribution >= 4 is 29.3 Å². The highest BCUT2D eigenvalue weighted by atomic mass is 32.1. The van der Waals surface area contributed by atoms with Crippen LogP contribution in [0, 0.1) is 5.41 Å². The molecule has 0 unspecified atom stereocenters. The van der Waals surface area contributed by atoms with Gasteiger partial charge in [0.15, 0.2) is 5.78 Å². The Balaban J connectivity index is 2.42. The molecule has 1 N–H and O–H groups in total. The molecule has 0 aliphatic rings. The number of ether oxygens (including phenoxy) is 1. The van der Waals surface area contributed by atoms with Crippen LogP contribution in [-0.4, -0.2) is 17.4 Å². The Morgan fingerprint density at radius 3 is 2.74 bits per heavy atom. The first-order valence-electron chi connectivity index (χ1n) is 7.49. The minimum absolute atomic E-state index is 0.0140. The van der Waals surface area contributed by atoms with E-state index in [4.69, 9.17) is 4.74 Å². The lowest BCUT2D eigenvalue weighted by Gasteiger charge is -2.12. The van der Waals surface area contributed by atoms with E-state index >= 15 is 0 Å². The Labute approximate surface area is 139 Å². The zero-order chi connectivity index (χ0) is 17.0. The largest absolute Gasteiger partial charge is 0.494 e. The van der Waals surface area contributed by atoms with Crippen LogP contribution in [0.5, 0.6) is 5.75 Å². The van der Waals surface area contributed by atoms with Gasteiger partial charge < -0.3 is 9.72 Å². The van der Waals surface area contributed by atoms with Gasteiger partial charge in [0.05, 0.1) is 15.8 Å². The van der Waals surface area contributed by atoms with E-state index in [1.165, 1.54) is 17.4 Å². The highest BCUT2D eigenvalue weighted by Gasteiger charge is 2.18. The number of Topliss-reactive ketones (excluding diaryl/α,β-unsaturated/α-hetero) is 1. The average Bonchev–Trinajstić information content (AvgIpc) is 2.78. The number of aromatic amines is 1. The summed E-state index contributed by atoms with van der Waals surface area (Å²) in [4.78, 5) is 26.8. The summed E-state index contributed by atoms with van der Waals surface area (Å²) in [6, 6.07) is 7.55. The summed E-state index contributed by atoms with van der Waals surface area (Å²) in [5, 5.41) is 0. The highest BCUT2D eigenvalue weighted by Crippen LogP contribution is 2.15. The molecule has 0 radical (unpaired) electrons. The van der Waals surface area contributed by atoms with Crippen LogP contribution in [0.2, 0.25) is 0 Å². The fourth-order valence-electron chi connectivity index (χ4n) is 1.87. The van der Waals surface area contributed by atoms with Gasteiger partial charge in [0.2, 0.25) is 0 Å². The lowest BCUT2D eigenvalue weighted by molar-refractivity contribution is -0.119. The van der Waals surface area contributed by atoms with Gasteiger partial charge in [-0.05, 0) is 30.7 Å². The van der Waals surface area contributed by atoms with Crippen LogP contribution in [0.1, 0.15) is 33.3 Å². The second-order valence-electron chi connectivity index (χ2n) is 6.19. The third-order valence-corrected chi connectivity index (χ3v) is 4.11. The van der Waals surface area contributed by atoms with Crippen LogP contribution in [-0.2, 0) is 4.79 Å². The van der Waals surface area contributed by atoms with E-state index in [2.05, 4.69) is 4.98 Å². The molecule has 0 bridgehead atoms. The van der Waals surface area contributed by atoms with Gasteiger partial charge in [-0.1, -0.05) is 32.9 Å². The minimum atomic E-state index is -0.462. The van der Waals surface area contributed by atoms with Gasteiger partial charge in [-0.15, -0.1) is 11.3 Å². The van der Waals surface area contributed by atoms with E-state index in [1.807, 2.05) is 52.0 Å². The maximum absolute atomic E-state index is 12.0. The van der Waals surface area contributed by atoms with Crippen LogP contribution in [0.3, 0.4) is 0 Å². The molecule has 0 aliphatic heterocycles. The van der Waals surface area contributed by atoms with E-state index in [0.717, 1.165) is 11.3 Å². The first-order valence-corrected chi connectivity index (χ1v) is 8.31.